The van der Waals surface area contributed by atoms with Crippen LogP contribution in [0.25, 0.3) is 0 Å². The monoisotopic (exact) mass is 211 g/mol. The zero-order chi connectivity index (χ0) is 10.2. The maximum atomic E-state index is 11.0. The van der Waals surface area contributed by atoms with Crippen LogP contribution in [0.4, 0.5) is 0 Å². The van der Waals surface area contributed by atoms with Crippen LogP contribution in [0.5, 0.6) is 0 Å². The van der Waals surface area contributed by atoms with Crippen LogP contribution in [-0.4, -0.2) is 18.9 Å². The first-order valence-corrected chi connectivity index (χ1v) is 5.96. The van der Waals surface area contributed by atoms with Crippen molar-refractivity contribution in [1.29, 1.82) is 0 Å². The zero-order valence-electron chi connectivity index (χ0n) is 8.53. The van der Waals surface area contributed by atoms with Gasteiger partial charge in [0.1, 0.15) is 5.78 Å². The molecule has 1 aliphatic rings. The van der Waals surface area contributed by atoms with Gasteiger partial charge in [0.2, 0.25) is 0 Å². The second kappa shape index (κ2) is 6.74. The highest BCUT2D eigenvalue weighted by molar-refractivity contribution is 7.07. The lowest BCUT2D eigenvalue weighted by Crippen LogP contribution is -2.36. The van der Waals surface area contributed by atoms with Crippen LogP contribution in [0.2, 0.25) is 0 Å². The van der Waals surface area contributed by atoms with E-state index in [1.807, 2.05) is 29.9 Å². The fourth-order valence-electron chi connectivity index (χ4n) is 1.52. The van der Waals surface area contributed by atoms with Gasteiger partial charge >= 0.3 is 0 Å². The smallest absolute Gasteiger partial charge is 0.149 e. The van der Waals surface area contributed by atoms with Crippen molar-refractivity contribution < 1.29 is 4.79 Å². The Hall–Kier alpha value is -0.670. The minimum Gasteiger partial charge on any atom is -0.311 e. The molecule has 1 unspecified atom stereocenters. The van der Waals surface area contributed by atoms with E-state index < -0.39 is 0 Å². The molecule has 2 rings (SSSR count). The Morgan fingerprint density at radius 3 is 2.43 bits per heavy atom. The van der Waals surface area contributed by atoms with Gasteiger partial charge < -0.3 is 5.32 Å². The van der Waals surface area contributed by atoms with E-state index in [0.717, 1.165) is 19.3 Å². The molecule has 1 N–H and O–H groups in total. The summed E-state index contributed by atoms with van der Waals surface area (Å²) in [5, 5.41) is 7.09. The molecule has 0 bridgehead atoms. The van der Waals surface area contributed by atoms with E-state index in [1.165, 1.54) is 6.42 Å². The average molecular weight is 211 g/mol. The summed E-state index contributed by atoms with van der Waals surface area (Å²) in [6, 6.07) is 4.20. The molecule has 0 radical (unpaired) electrons. The third kappa shape index (κ3) is 4.03. The largest absolute Gasteiger partial charge is 0.311 e. The molecule has 0 saturated heterocycles. The summed E-state index contributed by atoms with van der Waals surface area (Å²) in [7, 11) is 1.86. The van der Waals surface area contributed by atoms with Gasteiger partial charge in [0, 0.05) is 6.42 Å². The van der Waals surface area contributed by atoms with Crippen LogP contribution in [-0.2, 0) is 4.79 Å². The first-order chi connectivity index (χ1) is 6.84. The standard InChI is InChI=1S/C7H13NO.C4H4S/c1-8-6-4-2-3-5-7(6)9;1-2-4-5-3-1/h6,8H,2-5H2,1H3;1-4H. The first kappa shape index (κ1) is 11.4. The van der Waals surface area contributed by atoms with Crippen LogP contribution in [0, 0.1) is 0 Å². The number of likely N-dealkylation sites (N-methyl/N-ethyl adjacent to an activating group) is 1. The van der Waals surface area contributed by atoms with Gasteiger partial charge in [-0.2, -0.15) is 11.3 Å². The second-order valence-electron chi connectivity index (χ2n) is 3.35. The molecular weight excluding hydrogens is 194 g/mol. The Bertz CT molecular complexity index is 229. The van der Waals surface area contributed by atoms with Gasteiger partial charge in [-0.05, 0) is 30.6 Å². The number of thiophene rings is 1. The number of carbonyl (C=O) groups excluding carboxylic acids is 1. The average Bonchev–Trinajstić information content (AvgIpc) is 2.76. The molecule has 0 spiro atoms. The number of carbonyl (C=O) groups is 1. The highest BCUT2D eigenvalue weighted by atomic mass is 32.1. The van der Waals surface area contributed by atoms with Crippen molar-refractivity contribution in [2.24, 2.45) is 0 Å². The van der Waals surface area contributed by atoms with Crippen LogP contribution in [0.3, 0.4) is 0 Å². The maximum absolute atomic E-state index is 11.0. The van der Waals surface area contributed by atoms with E-state index in [-0.39, 0.29) is 6.04 Å². The molecule has 1 aliphatic carbocycles. The Labute approximate surface area is 89.3 Å². The molecule has 0 aromatic carbocycles. The summed E-state index contributed by atoms with van der Waals surface area (Å²) in [6.07, 6.45) is 4.12. The maximum Gasteiger partial charge on any atom is 0.149 e. The molecule has 78 valence electrons. The molecule has 1 aromatic heterocycles. The van der Waals surface area contributed by atoms with E-state index in [2.05, 4.69) is 5.32 Å². The van der Waals surface area contributed by atoms with Crippen molar-refractivity contribution in [1.82, 2.24) is 5.32 Å². The summed E-state index contributed by atoms with van der Waals surface area (Å²) < 4.78 is 0. The summed E-state index contributed by atoms with van der Waals surface area (Å²) in [4.78, 5) is 11.0. The van der Waals surface area contributed by atoms with Gasteiger partial charge in [-0.3, -0.25) is 4.79 Å². The fourth-order valence-corrected chi connectivity index (χ4v) is 1.97. The molecule has 1 fully saturated rings. The first-order valence-electron chi connectivity index (χ1n) is 5.01. The predicted molar refractivity (Wildman–Crippen MR) is 60.6 cm³/mol. The van der Waals surface area contributed by atoms with Crippen molar-refractivity contribution in [2.75, 3.05) is 7.05 Å². The molecule has 2 nitrogen and oxygen atoms in total. The number of Topliss-reactive ketones (excluding diaryl/α,β-unsaturated/α-hetero) is 1. The lowest BCUT2D eigenvalue weighted by atomic mass is 9.94. The Balaban J connectivity index is 0.000000165. The molecule has 0 amide bonds. The Morgan fingerprint density at radius 2 is 2.07 bits per heavy atom. The van der Waals surface area contributed by atoms with Crippen molar-refractivity contribution in [3.8, 4) is 0 Å². The van der Waals surface area contributed by atoms with Crippen LogP contribution >= 0.6 is 11.3 Å². The topological polar surface area (TPSA) is 29.1 Å². The molecule has 0 aliphatic heterocycles. The Morgan fingerprint density at radius 1 is 1.36 bits per heavy atom. The SMILES string of the molecule is CNC1CCCCC1=O.c1ccsc1. The number of rotatable bonds is 1. The zero-order valence-corrected chi connectivity index (χ0v) is 9.35. The van der Waals surface area contributed by atoms with Crippen molar-refractivity contribution >= 4 is 17.1 Å². The fraction of sp³-hybridized carbons (Fsp3) is 0.545. The van der Waals surface area contributed by atoms with Gasteiger partial charge in [-0.1, -0.05) is 18.6 Å². The van der Waals surface area contributed by atoms with Crippen molar-refractivity contribution in [3.05, 3.63) is 22.9 Å². The van der Waals surface area contributed by atoms with E-state index >= 15 is 0 Å². The minimum absolute atomic E-state index is 0.166. The van der Waals surface area contributed by atoms with Gasteiger partial charge in [-0.25, -0.2) is 0 Å². The lowest BCUT2D eigenvalue weighted by molar-refractivity contribution is -0.122. The lowest BCUT2D eigenvalue weighted by Gasteiger charge is -2.18. The van der Waals surface area contributed by atoms with Gasteiger partial charge in [0.15, 0.2) is 0 Å². The van der Waals surface area contributed by atoms with E-state index in [1.54, 1.807) is 11.3 Å². The molecule has 1 heterocycles. The predicted octanol–water partition coefficient (Wildman–Crippen LogP) is 2.47. The molecule has 14 heavy (non-hydrogen) atoms. The van der Waals surface area contributed by atoms with Gasteiger partial charge in [0.25, 0.3) is 0 Å². The molecule has 3 heteroatoms. The molecular formula is C11H17NOS. The third-order valence-corrected chi connectivity index (χ3v) is 2.96. The molecule has 1 aromatic rings. The number of ketones is 1. The van der Waals surface area contributed by atoms with Gasteiger partial charge in [0.05, 0.1) is 6.04 Å². The highest BCUT2D eigenvalue weighted by Gasteiger charge is 2.19. The number of hydrogen-bond acceptors (Lipinski definition) is 3. The summed E-state index contributed by atoms with van der Waals surface area (Å²) >= 11 is 1.71. The second-order valence-corrected chi connectivity index (χ2v) is 4.16. The summed E-state index contributed by atoms with van der Waals surface area (Å²) in [5.74, 6) is 0.392. The summed E-state index contributed by atoms with van der Waals surface area (Å²) in [5.41, 5.74) is 0. The third-order valence-electron chi connectivity index (χ3n) is 2.33. The van der Waals surface area contributed by atoms with E-state index in [9.17, 15) is 4.79 Å². The van der Waals surface area contributed by atoms with E-state index in [0.29, 0.717) is 5.78 Å². The van der Waals surface area contributed by atoms with Crippen LogP contribution in [0.15, 0.2) is 22.9 Å². The van der Waals surface area contributed by atoms with Crippen LogP contribution in [0.1, 0.15) is 25.7 Å². The van der Waals surface area contributed by atoms with E-state index in [4.69, 9.17) is 0 Å². The van der Waals surface area contributed by atoms with Crippen molar-refractivity contribution in [3.63, 3.8) is 0 Å². The van der Waals surface area contributed by atoms with Crippen LogP contribution < -0.4 is 5.32 Å². The molecule has 1 atom stereocenters. The highest BCUT2D eigenvalue weighted by Crippen LogP contribution is 2.13. The number of hydrogen-bond donors (Lipinski definition) is 1. The normalized spacial score (nSPS) is 21.2. The van der Waals surface area contributed by atoms with Crippen molar-refractivity contribution in [2.45, 2.75) is 31.7 Å². The quantitative estimate of drug-likeness (QED) is 0.773. The Kier molecular flexibility index (Phi) is 5.49. The van der Waals surface area contributed by atoms with Gasteiger partial charge in [-0.15, -0.1) is 0 Å². The molecule has 1 saturated carbocycles. The summed E-state index contributed by atoms with van der Waals surface area (Å²) in [6.45, 7) is 0. The number of nitrogens with one attached hydrogen (secondary N) is 1. The minimum atomic E-state index is 0.166.